The van der Waals surface area contributed by atoms with Gasteiger partial charge in [-0.2, -0.15) is 5.10 Å². The number of likely N-dealkylation sites (N-methyl/N-ethyl adjacent to an activating group) is 1. The summed E-state index contributed by atoms with van der Waals surface area (Å²) in [6.07, 6.45) is 0.724. The summed E-state index contributed by atoms with van der Waals surface area (Å²) in [5, 5.41) is 8.87. The van der Waals surface area contributed by atoms with Crippen LogP contribution in [0.5, 0.6) is 0 Å². The molecule has 1 saturated heterocycles. The van der Waals surface area contributed by atoms with Crippen LogP contribution in [0.1, 0.15) is 32.3 Å². The maximum atomic E-state index is 12.8. The number of hydrogen-bond donors (Lipinski definition) is 1. The Balaban J connectivity index is 1.59. The van der Waals surface area contributed by atoms with Crippen molar-refractivity contribution < 1.29 is 9.59 Å². The summed E-state index contributed by atoms with van der Waals surface area (Å²) in [7, 11) is 2.15. The lowest BCUT2D eigenvalue weighted by Crippen LogP contribution is -2.54. The molecule has 0 spiro atoms. The topological polar surface area (TPSA) is 68.2 Å². The monoisotopic (exact) mass is 399 g/mol. The van der Waals surface area contributed by atoms with Gasteiger partial charge in [0.05, 0.1) is 6.54 Å². The van der Waals surface area contributed by atoms with Crippen molar-refractivity contribution >= 4 is 17.5 Å². The van der Waals surface area contributed by atoms with Gasteiger partial charge in [-0.1, -0.05) is 44.2 Å². The minimum absolute atomic E-state index is 0.0390. The molecule has 2 aliphatic heterocycles. The normalized spacial score (nSPS) is 19.9. The number of hydrogen-bond acceptors (Lipinski definition) is 5. The summed E-state index contributed by atoms with van der Waals surface area (Å²) < 4.78 is 0. The van der Waals surface area contributed by atoms with Crippen molar-refractivity contribution in [2.75, 3.05) is 39.8 Å². The van der Waals surface area contributed by atoms with Gasteiger partial charge < -0.3 is 10.2 Å². The Morgan fingerprint density at radius 1 is 1.10 bits per heavy atom. The molecule has 0 saturated carbocycles. The van der Waals surface area contributed by atoms with Crippen molar-refractivity contribution in [3.63, 3.8) is 0 Å². The molecule has 7 nitrogen and oxygen atoms in total. The van der Waals surface area contributed by atoms with Gasteiger partial charge in [-0.05, 0) is 18.5 Å². The summed E-state index contributed by atoms with van der Waals surface area (Å²) in [5.74, 6) is 0.251. The van der Waals surface area contributed by atoms with Crippen LogP contribution in [0, 0.1) is 5.92 Å². The summed E-state index contributed by atoms with van der Waals surface area (Å²) in [6, 6.07) is 10.0. The molecule has 2 heterocycles. The predicted octanol–water partition coefficient (Wildman–Crippen LogP) is 1.55. The molecular formula is C22H33N5O2. The van der Waals surface area contributed by atoms with Crippen molar-refractivity contribution in [2.24, 2.45) is 11.0 Å². The Hall–Kier alpha value is -2.25. The number of nitrogens with zero attached hydrogens (tertiary/aromatic N) is 4. The molecule has 0 aromatic heterocycles. The fraction of sp³-hybridized carbons (Fsp3) is 0.591. The van der Waals surface area contributed by atoms with E-state index in [0.29, 0.717) is 43.6 Å². The lowest BCUT2D eigenvalue weighted by Gasteiger charge is -2.40. The Bertz CT molecular complexity index is 726. The summed E-state index contributed by atoms with van der Waals surface area (Å²) in [6.45, 7) is 9.56. The van der Waals surface area contributed by atoms with Gasteiger partial charge >= 0.3 is 0 Å². The average molecular weight is 400 g/mol. The van der Waals surface area contributed by atoms with Crippen LogP contribution in [0.4, 0.5) is 0 Å². The standard InChI is InChI=1S/C22H33N5O2/c1-17(2)20(26-13-11-25(3)12-14-26)15-23-22(29)19-9-10-21(28)27(24-19)16-18-7-5-4-6-8-18/h4-8,17,20H,9-16H2,1-3H3,(H,23,29)/t20-/m0/s1. The first-order valence-electron chi connectivity index (χ1n) is 10.6. The largest absolute Gasteiger partial charge is 0.349 e. The zero-order valence-electron chi connectivity index (χ0n) is 17.8. The highest BCUT2D eigenvalue weighted by molar-refractivity contribution is 6.39. The first kappa shape index (κ1) is 21.5. The van der Waals surface area contributed by atoms with E-state index in [9.17, 15) is 9.59 Å². The third-order valence-electron chi connectivity index (χ3n) is 5.79. The second kappa shape index (κ2) is 9.98. The molecule has 0 aliphatic carbocycles. The number of hydrazone groups is 1. The van der Waals surface area contributed by atoms with Gasteiger partial charge in [0.1, 0.15) is 5.71 Å². The maximum absolute atomic E-state index is 12.8. The van der Waals surface area contributed by atoms with Gasteiger partial charge in [0.15, 0.2) is 0 Å². The molecule has 3 rings (SSSR count). The molecule has 158 valence electrons. The molecule has 2 aliphatic rings. The van der Waals surface area contributed by atoms with Crippen LogP contribution in [-0.2, 0) is 16.1 Å². The van der Waals surface area contributed by atoms with Gasteiger partial charge in [0.25, 0.3) is 5.91 Å². The second-order valence-corrected chi connectivity index (χ2v) is 8.34. The van der Waals surface area contributed by atoms with Gasteiger partial charge in [-0.3, -0.25) is 14.5 Å². The summed E-state index contributed by atoms with van der Waals surface area (Å²) in [5.41, 5.74) is 1.45. The van der Waals surface area contributed by atoms with E-state index in [0.717, 1.165) is 31.7 Å². The van der Waals surface area contributed by atoms with E-state index in [2.05, 4.69) is 41.1 Å². The Morgan fingerprint density at radius 3 is 2.45 bits per heavy atom. The molecule has 1 N–H and O–H groups in total. The summed E-state index contributed by atoms with van der Waals surface area (Å²) >= 11 is 0. The van der Waals surface area contributed by atoms with Crippen LogP contribution >= 0.6 is 0 Å². The fourth-order valence-electron chi connectivity index (χ4n) is 3.88. The predicted molar refractivity (Wildman–Crippen MR) is 114 cm³/mol. The number of piperazine rings is 1. The zero-order valence-corrected chi connectivity index (χ0v) is 17.8. The SMILES string of the molecule is CC(C)[C@H](CNC(=O)C1=NN(Cc2ccccc2)C(=O)CC1)N1CCN(C)CC1. The summed E-state index contributed by atoms with van der Waals surface area (Å²) in [4.78, 5) is 29.8. The molecule has 1 fully saturated rings. The van der Waals surface area contributed by atoms with Crippen molar-refractivity contribution in [2.45, 2.75) is 39.3 Å². The molecule has 1 aromatic carbocycles. The first-order chi connectivity index (χ1) is 13.9. The van der Waals surface area contributed by atoms with E-state index < -0.39 is 0 Å². The van der Waals surface area contributed by atoms with Crippen molar-refractivity contribution in [3.05, 3.63) is 35.9 Å². The van der Waals surface area contributed by atoms with E-state index in [4.69, 9.17) is 0 Å². The second-order valence-electron chi connectivity index (χ2n) is 8.34. The van der Waals surface area contributed by atoms with Crippen LogP contribution in [0.3, 0.4) is 0 Å². The number of nitrogens with one attached hydrogen (secondary N) is 1. The van der Waals surface area contributed by atoms with Crippen molar-refractivity contribution in [1.29, 1.82) is 0 Å². The number of amides is 2. The molecule has 7 heteroatoms. The van der Waals surface area contributed by atoms with E-state index in [1.54, 1.807) is 0 Å². The van der Waals surface area contributed by atoms with E-state index >= 15 is 0 Å². The Morgan fingerprint density at radius 2 is 1.79 bits per heavy atom. The smallest absolute Gasteiger partial charge is 0.267 e. The molecule has 1 aromatic rings. The zero-order chi connectivity index (χ0) is 20.8. The minimum Gasteiger partial charge on any atom is -0.349 e. The average Bonchev–Trinajstić information content (AvgIpc) is 2.71. The molecule has 0 bridgehead atoms. The first-order valence-corrected chi connectivity index (χ1v) is 10.6. The van der Waals surface area contributed by atoms with Crippen LogP contribution < -0.4 is 5.32 Å². The van der Waals surface area contributed by atoms with Gasteiger partial charge in [-0.15, -0.1) is 0 Å². The molecule has 0 unspecified atom stereocenters. The highest BCUT2D eigenvalue weighted by Crippen LogP contribution is 2.15. The maximum Gasteiger partial charge on any atom is 0.267 e. The van der Waals surface area contributed by atoms with Gasteiger partial charge in [0.2, 0.25) is 5.91 Å². The molecular weight excluding hydrogens is 366 g/mol. The van der Waals surface area contributed by atoms with Crippen LogP contribution in [0.25, 0.3) is 0 Å². The number of rotatable bonds is 7. The van der Waals surface area contributed by atoms with Gasteiger partial charge in [-0.25, -0.2) is 5.01 Å². The van der Waals surface area contributed by atoms with Crippen molar-refractivity contribution in [1.82, 2.24) is 20.1 Å². The third-order valence-corrected chi connectivity index (χ3v) is 5.79. The third kappa shape index (κ3) is 5.87. The van der Waals surface area contributed by atoms with Crippen LogP contribution in [0.2, 0.25) is 0 Å². The number of carbonyl (C=O) groups excluding carboxylic acids is 2. The van der Waals surface area contributed by atoms with Crippen LogP contribution in [-0.4, -0.2) is 78.1 Å². The van der Waals surface area contributed by atoms with Gasteiger partial charge in [0, 0.05) is 51.6 Å². The van der Waals surface area contributed by atoms with Crippen molar-refractivity contribution in [3.8, 4) is 0 Å². The molecule has 1 atom stereocenters. The lowest BCUT2D eigenvalue weighted by atomic mass is 10.0. The molecule has 0 radical (unpaired) electrons. The number of benzene rings is 1. The minimum atomic E-state index is -0.157. The fourth-order valence-corrected chi connectivity index (χ4v) is 3.88. The Labute approximate surface area is 173 Å². The lowest BCUT2D eigenvalue weighted by molar-refractivity contribution is -0.132. The Kier molecular flexibility index (Phi) is 7.39. The van der Waals surface area contributed by atoms with E-state index in [-0.39, 0.29) is 11.8 Å². The van der Waals surface area contributed by atoms with E-state index in [1.807, 2.05) is 30.3 Å². The number of carbonyl (C=O) groups is 2. The quantitative estimate of drug-likeness (QED) is 0.755. The molecule has 2 amide bonds. The highest BCUT2D eigenvalue weighted by Gasteiger charge is 2.28. The van der Waals surface area contributed by atoms with Crippen LogP contribution in [0.15, 0.2) is 35.4 Å². The highest BCUT2D eigenvalue weighted by atomic mass is 16.2. The van der Waals surface area contributed by atoms with E-state index in [1.165, 1.54) is 5.01 Å². The molecule has 29 heavy (non-hydrogen) atoms.